The Morgan fingerprint density at radius 2 is 1.88 bits per heavy atom. The predicted octanol–water partition coefficient (Wildman–Crippen LogP) is 3.50. The average molecular weight is 460 g/mol. The fraction of sp³-hybridized carbons (Fsp3) is 0.545. The maximum absolute atomic E-state index is 13.3. The van der Waals surface area contributed by atoms with E-state index in [0.717, 1.165) is 24.4 Å². The molecule has 174 valence electrons. The monoisotopic (exact) mass is 459 g/mol. The minimum Gasteiger partial charge on any atom is -0.424 e. The number of hydrogen-bond donors (Lipinski definition) is 0. The standard InChI is InChI=1S/C22H33N5O4Si/c1-7-8-9-26-20(28)18-19(25(3)22(26)29)24-21(31-17-12-16(2)13-23-14-17)27(18)15-30-10-11-32(4,5)6/h12-14H,7-11,15H2,1-6H3. The van der Waals surface area contributed by atoms with Crippen molar-refractivity contribution < 1.29 is 9.47 Å². The molecule has 0 atom stereocenters. The molecule has 0 saturated heterocycles. The highest BCUT2D eigenvalue weighted by Gasteiger charge is 2.22. The van der Waals surface area contributed by atoms with Gasteiger partial charge in [0.15, 0.2) is 11.2 Å². The van der Waals surface area contributed by atoms with Gasteiger partial charge in [-0.2, -0.15) is 4.98 Å². The Kier molecular flexibility index (Phi) is 7.35. The van der Waals surface area contributed by atoms with Crippen molar-refractivity contribution in [1.29, 1.82) is 0 Å². The second-order valence-electron chi connectivity index (χ2n) is 9.29. The van der Waals surface area contributed by atoms with Crippen molar-refractivity contribution in [1.82, 2.24) is 23.7 Å². The van der Waals surface area contributed by atoms with E-state index in [1.54, 1.807) is 24.0 Å². The van der Waals surface area contributed by atoms with Gasteiger partial charge in [-0.15, -0.1) is 0 Å². The van der Waals surface area contributed by atoms with Crippen molar-refractivity contribution in [3.8, 4) is 11.8 Å². The highest BCUT2D eigenvalue weighted by molar-refractivity contribution is 6.76. The fourth-order valence-electron chi connectivity index (χ4n) is 3.29. The summed E-state index contributed by atoms with van der Waals surface area (Å²) in [5.41, 5.74) is 0.744. The third-order valence-corrected chi connectivity index (χ3v) is 6.91. The van der Waals surface area contributed by atoms with Crippen LogP contribution in [0.3, 0.4) is 0 Å². The summed E-state index contributed by atoms with van der Waals surface area (Å²) < 4.78 is 16.2. The molecule has 3 aromatic heterocycles. The number of aryl methyl sites for hydroxylation is 2. The van der Waals surface area contributed by atoms with E-state index >= 15 is 0 Å². The first-order chi connectivity index (χ1) is 15.1. The first kappa shape index (κ1) is 23.9. The Bertz CT molecular complexity index is 1210. The van der Waals surface area contributed by atoms with E-state index in [1.807, 2.05) is 19.9 Å². The Morgan fingerprint density at radius 3 is 2.53 bits per heavy atom. The number of imidazole rings is 1. The molecular weight excluding hydrogens is 426 g/mol. The third-order valence-electron chi connectivity index (χ3n) is 5.21. The molecular formula is C22H33N5O4Si. The lowest BCUT2D eigenvalue weighted by Crippen LogP contribution is -2.39. The zero-order valence-corrected chi connectivity index (χ0v) is 20.8. The molecule has 32 heavy (non-hydrogen) atoms. The lowest BCUT2D eigenvalue weighted by Gasteiger charge is -2.16. The molecule has 0 aliphatic rings. The van der Waals surface area contributed by atoms with Gasteiger partial charge in [0.2, 0.25) is 0 Å². The average Bonchev–Trinajstić information content (AvgIpc) is 3.07. The summed E-state index contributed by atoms with van der Waals surface area (Å²) in [7, 11) is 0.353. The molecule has 0 spiro atoms. The van der Waals surface area contributed by atoms with E-state index in [-0.39, 0.29) is 29.6 Å². The Morgan fingerprint density at radius 1 is 1.12 bits per heavy atom. The van der Waals surface area contributed by atoms with E-state index in [9.17, 15) is 9.59 Å². The van der Waals surface area contributed by atoms with Gasteiger partial charge in [0.05, 0.1) is 6.20 Å². The Balaban J connectivity index is 2.09. The maximum Gasteiger partial charge on any atom is 0.332 e. The summed E-state index contributed by atoms with van der Waals surface area (Å²) in [6, 6.07) is 3.03. The van der Waals surface area contributed by atoms with Crippen LogP contribution in [-0.2, 0) is 25.1 Å². The van der Waals surface area contributed by atoms with E-state index in [0.29, 0.717) is 24.4 Å². The predicted molar refractivity (Wildman–Crippen MR) is 127 cm³/mol. The molecule has 0 fully saturated rings. The van der Waals surface area contributed by atoms with Gasteiger partial charge in [0, 0.05) is 34.5 Å². The zero-order chi connectivity index (χ0) is 23.5. The van der Waals surface area contributed by atoms with E-state index in [2.05, 4.69) is 29.6 Å². The van der Waals surface area contributed by atoms with Crippen molar-refractivity contribution in [2.45, 2.75) is 65.6 Å². The van der Waals surface area contributed by atoms with Crippen LogP contribution in [0.2, 0.25) is 25.7 Å². The lowest BCUT2D eigenvalue weighted by molar-refractivity contribution is 0.0848. The number of ether oxygens (including phenoxy) is 2. The molecule has 3 aromatic rings. The molecule has 3 rings (SSSR count). The van der Waals surface area contributed by atoms with Crippen LogP contribution < -0.4 is 16.0 Å². The van der Waals surface area contributed by atoms with Crippen molar-refractivity contribution in [2.75, 3.05) is 6.61 Å². The van der Waals surface area contributed by atoms with Crippen molar-refractivity contribution in [2.24, 2.45) is 7.05 Å². The van der Waals surface area contributed by atoms with Gasteiger partial charge in [-0.25, -0.2) is 4.79 Å². The van der Waals surface area contributed by atoms with Crippen LogP contribution in [0.1, 0.15) is 25.3 Å². The van der Waals surface area contributed by atoms with Crippen LogP contribution in [0.25, 0.3) is 11.2 Å². The molecule has 0 aromatic carbocycles. The van der Waals surface area contributed by atoms with Gasteiger partial charge in [0.1, 0.15) is 12.5 Å². The maximum atomic E-state index is 13.3. The number of fused-ring (bicyclic) bond motifs is 1. The van der Waals surface area contributed by atoms with Gasteiger partial charge >= 0.3 is 11.7 Å². The van der Waals surface area contributed by atoms with Gasteiger partial charge in [-0.3, -0.25) is 23.5 Å². The van der Waals surface area contributed by atoms with Crippen LogP contribution in [0, 0.1) is 6.92 Å². The quantitative estimate of drug-likeness (QED) is 0.340. The summed E-state index contributed by atoms with van der Waals surface area (Å²) in [4.78, 5) is 34.8. The molecule has 10 heteroatoms. The number of nitrogens with zero attached hydrogens (tertiary/aromatic N) is 5. The van der Waals surface area contributed by atoms with Crippen LogP contribution >= 0.6 is 0 Å². The summed E-state index contributed by atoms with van der Waals surface area (Å²) in [5.74, 6) is 0.500. The molecule has 0 N–H and O–H groups in total. The molecule has 0 unspecified atom stereocenters. The van der Waals surface area contributed by atoms with Gasteiger partial charge in [0.25, 0.3) is 5.56 Å². The van der Waals surface area contributed by atoms with Gasteiger partial charge < -0.3 is 9.47 Å². The highest BCUT2D eigenvalue weighted by Crippen LogP contribution is 2.24. The number of unbranched alkanes of at least 4 members (excludes halogenated alkanes) is 1. The smallest absolute Gasteiger partial charge is 0.332 e. The summed E-state index contributed by atoms with van der Waals surface area (Å²) in [5, 5.41) is 0. The van der Waals surface area contributed by atoms with E-state index < -0.39 is 8.07 Å². The van der Waals surface area contributed by atoms with Crippen molar-refractivity contribution in [3.63, 3.8) is 0 Å². The van der Waals surface area contributed by atoms with Gasteiger partial charge in [-0.05, 0) is 31.0 Å². The van der Waals surface area contributed by atoms with Crippen LogP contribution in [0.15, 0.2) is 28.0 Å². The van der Waals surface area contributed by atoms with Gasteiger partial charge in [-0.1, -0.05) is 33.0 Å². The molecule has 0 radical (unpaired) electrons. The number of rotatable bonds is 10. The second kappa shape index (κ2) is 9.82. The molecule has 3 heterocycles. The largest absolute Gasteiger partial charge is 0.424 e. The summed E-state index contributed by atoms with van der Waals surface area (Å²) in [6.07, 6.45) is 4.92. The summed E-state index contributed by atoms with van der Waals surface area (Å²) >= 11 is 0. The minimum absolute atomic E-state index is 0.108. The van der Waals surface area contributed by atoms with Crippen molar-refractivity contribution in [3.05, 3.63) is 44.9 Å². The van der Waals surface area contributed by atoms with E-state index in [4.69, 9.17) is 9.47 Å². The normalized spacial score (nSPS) is 11.9. The molecule has 0 aliphatic heterocycles. The zero-order valence-electron chi connectivity index (χ0n) is 19.8. The minimum atomic E-state index is -1.27. The third kappa shape index (κ3) is 5.36. The second-order valence-corrected chi connectivity index (χ2v) is 14.9. The molecule has 0 aliphatic carbocycles. The first-order valence-electron chi connectivity index (χ1n) is 11.0. The topological polar surface area (TPSA) is 93.2 Å². The number of aromatic nitrogens is 5. The van der Waals surface area contributed by atoms with Crippen molar-refractivity contribution >= 4 is 19.2 Å². The Labute approximate surface area is 188 Å². The Hall–Kier alpha value is -2.72. The van der Waals surface area contributed by atoms with Crippen LogP contribution in [0.4, 0.5) is 0 Å². The molecule has 0 saturated carbocycles. The van der Waals surface area contributed by atoms with Crippen LogP contribution in [0.5, 0.6) is 11.8 Å². The van der Waals surface area contributed by atoms with E-state index in [1.165, 1.54) is 9.13 Å². The van der Waals surface area contributed by atoms with Crippen LogP contribution in [-0.4, -0.2) is 38.4 Å². The summed E-state index contributed by atoms with van der Waals surface area (Å²) in [6.45, 7) is 11.8. The first-order valence-corrected chi connectivity index (χ1v) is 14.7. The molecule has 0 bridgehead atoms. The lowest BCUT2D eigenvalue weighted by atomic mass is 10.3. The number of pyridine rings is 1. The fourth-order valence-corrected chi connectivity index (χ4v) is 4.04. The SMILES string of the molecule is CCCCn1c(=O)c2c(nc(Oc3cncc(C)c3)n2COCC[Si](C)(C)C)n(C)c1=O. The number of hydrogen-bond acceptors (Lipinski definition) is 6. The molecule has 0 amide bonds. The molecule has 9 nitrogen and oxygen atoms in total. The highest BCUT2D eigenvalue weighted by atomic mass is 28.3.